The van der Waals surface area contributed by atoms with E-state index in [4.69, 9.17) is 21.1 Å². The molecule has 0 amide bonds. The standard InChI is InChI=1S/C11H15ClN2O2/c12-5-10-6-14-11(7-13-10)16-8-9-1-3-15-4-2-9/h6-7,9H,1-5,8H2. The summed E-state index contributed by atoms with van der Waals surface area (Å²) in [7, 11) is 0. The Morgan fingerprint density at radius 1 is 1.31 bits per heavy atom. The molecule has 0 bridgehead atoms. The fourth-order valence-corrected chi connectivity index (χ4v) is 1.74. The summed E-state index contributed by atoms with van der Waals surface area (Å²) in [6.45, 7) is 2.37. The molecule has 1 fully saturated rings. The Kier molecular flexibility index (Phi) is 4.36. The SMILES string of the molecule is ClCc1cnc(OCC2CCOCC2)cn1. The number of aromatic nitrogens is 2. The van der Waals surface area contributed by atoms with E-state index in [0.717, 1.165) is 31.7 Å². The molecule has 0 aromatic carbocycles. The number of alkyl halides is 1. The highest BCUT2D eigenvalue weighted by Gasteiger charge is 2.14. The monoisotopic (exact) mass is 242 g/mol. The van der Waals surface area contributed by atoms with E-state index in [0.29, 0.717) is 24.3 Å². The van der Waals surface area contributed by atoms with Crippen molar-refractivity contribution in [3.8, 4) is 5.88 Å². The van der Waals surface area contributed by atoms with Gasteiger partial charge in [-0.2, -0.15) is 0 Å². The zero-order valence-electron chi connectivity index (χ0n) is 9.06. The number of rotatable bonds is 4. The minimum Gasteiger partial charge on any atom is -0.476 e. The average molecular weight is 243 g/mol. The van der Waals surface area contributed by atoms with Crippen molar-refractivity contribution < 1.29 is 9.47 Å². The predicted molar refractivity (Wildman–Crippen MR) is 60.6 cm³/mol. The van der Waals surface area contributed by atoms with Crippen molar-refractivity contribution in [3.63, 3.8) is 0 Å². The maximum atomic E-state index is 5.62. The van der Waals surface area contributed by atoms with Crippen LogP contribution in [0.3, 0.4) is 0 Å². The zero-order chi connectivity index (χ0) is 11.2. The van der Waals surface area contributed by atoms with Crippen molar-refractivity contribution in [2.45, 2.75) is 18.7 Å². The molecule has 1 aliphatic rings. The predicted octanol–water partition coefficient (Wildman–Crippen LogP) is 2.02. The summed E-state index contributed by atoms with van der Waals surface area (Å²) < 4.78 is 10.9. The highest BCUT2D eigenvalue weighted by atomic mass is 35.5. The number of nitrogens with zero attached hydrogens (tertiary/aromatic N) is 2. The lowest BCUT2D eigenvalue weighted by atomic mass is 10.0. The summed E-state index contributed by atoms with van der Waals surface area (Å²) in [6, 6.07) is 0. The number of halogens is 1. The molecule has 1 aromatic rings. The molecule has 1 aromatic heterocycles. The van der Waals surface area contributed by atoms with Crippen LogP contribution in [0.15, 0.2) is 12.4 Å². The maximum absolute atomic E-state index is 5.62. The van der Waals surface area contributed by atoms with Crippen molar-refractivity contribution in [2.75, 3.05) is 19.8 Å². The van der Waals surface area contributed by atoms with Gasteiger partial charge in [-0.15, -0.1) is 11.6 Å². The lowest BCUT2D eigenvalue weighted by molar-refractivity contribution is 0.0490. The molecule has 5 heteroatoms. The van der Waals surface area contributed by atoms with Crippen LogP contribution in [-0.2, 0) is 10.6 Å². The van der Waals surface area contributed by atoms with Gasteiger partial charge in [-0.25, -0.2) is 4.98 Å². The first-order valence-electron chi connectivity index (χ1n) is 5.46. The molecule has 0 unspecified atom stereocenters. The van der Waals surface area contributed by atoms with E-state index in [1.54, 1.807) is 12.4 Å². The molecule has 0 N–H and O–H groups in total. The number of hydrogen-bond donors (Lipinski definition) is 0. The van der Waals surface area contributed by atoms with Crippen LogP contribution in [0.2, 0.25) is 0 Å². The molecule has 1 aliphatic heterocycles. The first kappa shape index (κ1) is 11.6. The normalized spacial score (nSPS) is 17.3. The van der Waals surface area contributed by atoms with Gasteiger partial charge in [-0.1, -0.05) is 0 Å². The molecule has 16 heavy (non-hydrogen) atoms. The fraction of sp³-hybridized carbons (Fsp3) is 0.636. The zero-order valence-corrected chi connectivity index (χ0v) is 9.82. The van der Waals surface area contributed by atoms with Gasteiger partial charge >= 0.3 is 0 Å². The summed E-state index contributed by atoms with van der Waals surface area (Å²) in [5.41, 5.74) is 0.764. The average Bonchev–Trinajstić information content (AvgIpc) is 2.38. The largest absolute Gasteiger partial charge is 0.476 e. The maximum Gasteiger partial charge on any atom is 0.232 e. The molecule has 88 valence electrons. The van der Waals surface area contributed by atoms with Gasteiger partial charge in [0.1, 0.15) is 0 Å². The van der Waals surface area contributed by atoms with Crippen molar-refractivity contribution in [1.29, 1.82) is 0 Å². The minimum atomic E-state index is 0.382. The van der Waals surface area contributed by atoms with Gasteiger partial charge < -0.3 is 9.47 Å². The lowest BCUT2D eigenvalue weighted by Crippen LogP contribution is -2.21. The van der Waals surface area contributed by atoms with E-state index in [1.807, 2.05) is 0 Å². The van der Waals surface area contributed by atoms with Crippen LogP contribution in [0, 0.1) is 5.92 Å². The smallest absolute Gasteiger partial charge is 0.232 e. The number of hydrogen-bond acceptors (Lipinski definition) is 4. The van der Waals surface area contributed by atoms with Crippen LogP contribution in [0.5, 0.6) is 5.88 Å². The third-order valence-corrected chi connectivity index (χ3v) is 2.90. The highest BCUT2D eigenvalue weighted by Crippen LogP contribution is 2.16. The van der Waals surface area contributed by atoms with Gasteiger partial charge in [-0.05, 0) is 18.8 Å². The van der Waals surface area contributed by atoms with Crippen LogP contribution >= 0.6 is 11.6 Å². The third kappa shape index (κ3) is 3.32. The molecular formula is C11H15ClN2O2. The Morgan fingerprint density at radius 3 is 2.75 bits per heavy atom. The molecule has 2 heterocycles. The first-order valence-corrected chi connectivity index (χ1v) is 5.99. The van der Waals surface area contributed by atoms with E-state index >= 15 is 0 Å². The first-order chi connectivity index (χ1) is 7.88. The molecule has 2 rings (SSSR count). The van der Waals surface area contributed by atoms with Gasteiger partial charge in [0.15, 0.2) is 0 Å². The second-order valence-electron chi connectivity index (χ2n) is 3.85. The van der Waals surface area contributed by atoms with Gasteiger partial charge in [-0.3, -0.25) is 4.98 Å². The Bertz CT molecular complexity index is 312. The van der Waals surface area contributed by atoms with E-state index in [9.17, 15) is 0 Å². The Labute approximate surface area is 99.9 Å². The summed E-state index contributed by atoms with van der Waals surface area (Å²) in [4.78, 5) is 8.25. The molecular weight excluding hydrogens is 228 g/mol. The van der Waals surface area contributed by atoms with Crippen LogP contribution < -0.4 is 4.74 Å². The van der Waals surface area contributed by atoms with Crippen LogP contribution in [0.25, 0.3) is 0 Å². The fourth-order valence-electron chi connectivity index (χ4n) is 1.60. The van der Waals surface area contributed by atoms with Gasteiger partial charge in [0.05, 0.1) is 30.6 Å². The minimum absolute atomic E-state index is 0.382. The van der Waals surface area contributed by atoms with E-state index in [2.05, 4.69) is 9.97 Å². The van der Waals surface area contributed by atoms with E-state index < -0.39 is 0 Å². The molecule has 1 saturated heterocycles. The molecule has 4 nitrogen and oxygen atoms in total. The molecule has 0 saturated carbocycles. The quantitative estimate of drug-likeness (QED) is 0.758. The van der Waals surface area contributed by atoms with Crippen molar-refractivity contribution in [3.05, 3.63) is 18.1 Å². The Balaban J connectivity index is 1.79. The van der Waals surface area contributed by atoms with Crippen LogP contribution in [0.1, 0.15) is 18.5 Å². The topological polar surface area (TPSA) is 44.2 Å². The van der Waals surface area contributed by atoms with Crippen LogP contribution in [-0.4, -0.2) is 29.8 Å². The molecule has 0 spiro atoms. The highest BCUT2D eigenvalue weighted by molar-refractivity contribution is 6.16. The van der Waals surface area contributed by atoms with E-state index in [-0.39, 0.29) is 0 Å². The summed E-state index contributed by atoms with van der Waals surface area (Å²) >= 11 is 5.62. The molecule has 0 radical (unpaired) electrons. The Hall–Kier alpha value is -0.870. The summed E-state index contributed by atoms with van der Waals surface area (Å²) in [5.74, 6) is 1.52. The van der Waals surface area contributed by atoms with Crippen LogP contribution in [0.4, 0.5) is 0 Å². The molecule has 0 aliphatic carbocycles. The van der Waals surface area contributed by atoms with Gasteiger partial charge in [0, 0.05) is 13.2 Å². The van der Waals surface area contributed by atoms with Gasteiger partial charge in [0.25, 0.3) is 0 Å². The van der Waals surface area contributed by atoms with Crippen molar-refractivity contribution in [1.82, 2.24) is 9.97 Å². The third-order valence-electron chi connectivity index (χ3n) is 2.63. The summed E-state index contributed by atoms with van der Waals surface area (Å²) in [5, 5.41) is 0. The van der Waals surface area contributed by atoms with Crippen molar-refractivity contribution >= 4 is 11.6 Å². The van der Waals surface area contributed by atoms with Crippen molar-refractivity contribution in [2.24, 2.45) is 5.92 Å². The number of ether oxygens (including phenoxy) is 2. The van der Waals surface area contributed by atoms with E-state index in [1.165, 1.54) is 0 Å². The second kappa shape index (κ2) is 6.01. The lowest BCUT2D eigenvalue weighted by Gasteiger charge is -2.21. The molecule has 0 atom stereocenters. The Morgan fingerprint density at radius 2 is 2.12 bits per heavy atom. The summed E-state index contributed by atoms with van der Waals surface area (Å²) in [6.07, 6.45) is 5.39. The van der Waals surface area contributed by atoms with Gasteiger partial charge in [0.2, 0.25) is 5.88 Å². The second-order valence-corrected chi connectivity index (χ2v) is 4.11.